The second kappa shape index (κ2) is 9.46. The van der Waals surface area contributed by atoms with Crippen molar-refractivity contribution >= 4 is 38.7 Å². The van der Waals surface area contributed by atoms with E-state index in [1.807, 2.05) is 30.3 Å². The highest BCUT2D eigenvalue weighted by Gasteiger charge is 2.48. The summed E-state index contributed by atoms with van der Waals surface area (Å²) in [5.41, 5.74) is 7.34. The molecule has 0 aliphatic carbocycles. The Morgan fingerprint density at radius 2 is 1.72 bits per heavy atom. The van der Waals surface area contributed by atoms with Gasteiger partial charge >= 0.3 is 0 Å². The summed E-state index contributed by atoms with van der Waals surface area (Å²) in [5.74, 6) is -2.61. The molecule has 0 spiro atoms. The number of nitrogens with zero attached hydrogens (tertiary/aromatic N) is 2. The maximum Gasteiger partial charge on any atom is 0.249 e. The average Bonchev–Trinajstić information content (AvgIpc) is 3.25. The molecule has 0 saturated carbocycles. The van der Waals surface area contributed by atoms with Gasteiger partial charge in [-0.2, -0.15) is 0 Å². The fraction of sp³-hybridized carbons (Fsp3) is 0.321. The molecule has 1 atom stereocenters. The van der Waals surface area contributed by atoms with E-state index in [2.05, 4.69) is 10.2 Å². The number of fused-ring (bicyclic) bond motifs is 3. The van der Waals surface area contributed by atoms with Crippen LogP contribution >= 0.6 is 11.6 Å². The Hall–Kier alpha value is -3.21. The van der Waals surface area contributed by atoms with Crippen LogP contribution in [0.15, 0.2) is 48.5 Å². The van der Waals surface area contributed by atoms with Crippen molar-refractivity contribution in [3.05, 3.63) is 81.9 Å². The minimum atomic E-state index is -3.21. The van der Waals surface area contributed by atoms with E-state index in [1.54, 1.807) is 4.90 Å². The lowest BCUT2D eigenvalue weighted by Crippen LogP contribution is -2.57. The smallest absolute Gasteiger partial charge is 0.249 e. The van der Waals surface area contributed by atoms with E-state index in [0.717, 1.165) is 5.56 Å². The first-order valence-corrected chi connectivity index (χ1v) is 15.0. The number of hydrogen-bond donors (Lipinski definition) is 2. The van der Waals surface area contributed by atoms with Crippen molar-refractivity contribution in [3.8, 4) is 11.1 Å². The van der Waals surface area contributed by atoms with Crippen LogP contribution < -0.4 is 20.9 Å². The molecule has 0 aromatic heterocycles. The summed E-state index contributed by atoms with van der Waals surface area (Å²) in [6.45, 7) is 2.05. The molecule has 3 aromatic carbocycles. The van der Waals surface area contributed by atoms with Gasteiger partial charge in [-0.1, -0.05) is 41.9 Å². The largest absolute Gasteiger partial charge is 0.367 e. The van der Waals surface area contributed by atoms with Crippen molar-refractivity contribution < 1.29 is 22.0 Å². The number of primary amides is 1. The van der Waals surface area contributed by atoms with Gasteiger partial charge in [0.15, 0.2) is 15.7 Å². The number of amides is 1. The maximum absolute atomic E-state index is 16.5. The monoisotopic (exact) mass is 572 g/mol. The van der Waals surface area contributed by atoms with E-state index in [4.69, 9.17) is 17.3 Å². The van der Waals surface area contributed by atoms with Gasteiger partial charge < -0.3 is 20.9 Å². The fourth-order valence-corrected chi connectivity index (χ4v) is 7.71. The lowest BCUT2D eigenvalue weighted by Gasteiger charge is -2.45. The molecule has 3 aliphatic rings. The number of rotatable bonds is 4. The molecule has 0 radical (unpaired) electrons. The van der Waals surface area contributed by atoms with E-state index in [9.17, 15) is 13.2 Å². The summed E-state index contributed by atoms with van der Waals surface area (Å²) in [4.78, 5) is 16.3. The average molecular weight is 573 g/mol. The van der Waals surface area contributed by atoms with Gasteiger partial charge in [0.25, 0.3) is 0 Å². The number of piperazine rings is 1. The van der Waals surface area contributed by atoms with E-state index < -0.39 is 32.9 Å². The Labute approximate surface area is 230 Å². The minimum Gasteiger partial charge on any atom is -0.367 e. The zero-order valence-corrected chi connectivity index (χ0v) is 22.6. The summed E-state index contributed by atoms with van der Waals surface area (Å²) in [6.07, 6.45) is 0.401. The van der Waals surface area contributed by atoms with Gasteiger partial charge in [-0.25, -0.2) is 17.2 Å². The number of sulfone groups is 1. The van der Waals surface area contributed by atoms with Gasteiger partial charge in [-0.15, -0.1) is 0 Å². The third-order valence-corrected chi connectivity index (χ3v) is 10.1. The number of nitrogens with two attached hydrogens (primary N) is 1. The summed E-state index contributed by atoms with van der Waals surface area (Å²) in [7, 11) is -3.21. The van der Waals surface area contributed by atoms with E-state index in [0.29, 0.717) is 37.3 Å². The third kappa shape index (κ3) is 4.16. The predicted molar refractivity (Wildman–Crippen MR) is 148 cm³/mol. The van der Waals surface area contributed by atoms with Crippen molar-refractivity contribution in [3.63, 3.8) is 0 Å². The molecule has 1 unspecified atom stereocenters. The first-order chi connectivity index (χ1) is 18.6. The van der Waals surface area contributed by atoms with Crippen LogP contribution in [0.3, 0.4) is 0 Å². The predicted octanol–water partition coefficient (Wildman–Crippen LogP) is 3.48. The molecule has 2 fully saturated rings. The molecular weight excluding hydrogens is 546 g/mol. The van der Waals surface area contributed by atoms with Gasteiger partial charge in [0.05, 0.1) is 33.3 Å². The normalized spacial score (nSPS) is 21.9. The SMILES string of the molecule is NC(=O)c1ccc(N2CCS(=O)(=O)CC2)c(F)c1-c1c(Cl)c(F)cc2c1CC1(c3ccccc3)CNCCN21. The summed E-state index contributed by atoms with van der Waals surface area (Å²) in [6, 6.07) is 14.1. The first kappa shape index (κ1) is 26.0. The Bertz CT molecular complexity index is 1590. The molecule has 11 heteroatoms. The fourth-order valence-electron chi connectivity index (χ4n) is 6.25. The molecule has 3 aliphatic heterocycles. The molecular formula is C28H27ClF2N4O3S. The van der Waals surface area contributed by atoms with Gasteiger partial charge in [-0.3, -0.25) is 4.79 Å². The third-order valence-electron chi connectivity index (χ3n) is 8.14. The van der Waals surface area contributed by atoms with Crippen LogP contribution in [0.2, 0.25) is 5.02 Å². The van der Waals surface area contributed by atoms with E-state index in [1.165, 1.54) is 18.2 Å². The van der Waals surface area contributed by atoms with Gasteiger partial charge in [-0.05, 0) is 29.3 Å². The molecule has 39 heavy (non-hydrogen) atoms. The van der Waals surface area contributed by atoms with Gasteiger partial charge in [0, 0.05) is 56.0 Å². The first-order valence-electron chi connectivity index (χ1n) is 12.8. The number of anilines is 2. The maximum atomic E-state index is 16.5. The number of nitrogens with one attached hydrogen (secondary N) is 1. The Morgan fingerprint density at radius 3 is 2.41 bits per heavy atom. The lowest BCUT2D eigenvalue weighted by molar-refractivity contribution is 0.100. The van der Waals surface area contributed by atoms with E-state index in [-0.39, 0.29) is 52.0 Å². The lowest BCUT2D eigenvalue weighted by atomic mass is 9.82. The summed E-state index contributed by atoms with van der Waals surface area (Å²) in [5, 5.41) is 3.16. The van der Waals surface area contributed by atoms with Gasteiger partial charge in [0.1, 0.15) is 5.82 Å². The minimum absolute atomic E-state index is 0.0974. The number of carbonyl (C=O) groups is 1. The molecule has 3 N–H and O–H groups in total. The number of carbonyl (C=O) groups excluding carboxylic acids is 1. The Balaban J connectivity index is 1.57. The highest BCUT2D eigenvalue weighted by molar-refractivity contribution is 7.91. The van der Waals surface area contributed by atoms with Gasteiger partial charge in [0.2, 0.25) is 5.91 Å². The van der Waals surface area contributed by atoms with E-state index >= 15 is 8.78 Å². The molecule has 3 heterocycles. The van der Waals surface area contributed by atoms with Crippen LogP contribution in [-0.2, 0) is 21.8 Å². The number of benzene rings is 3. The summed E-state index contributed by atoms with van der Waals surface area (Å²) < 4.78 is 56.0. The van der Waals surface area contributed by atoms with Crippen molar-refractivity contribution in [2.45, 2.75) is 12.0 Å². The molecule has 0 bridgehead atoms. The van der Waals surface area contributed by atoms with Crippen LogP contribution in [0.1, 0.15) is 21.5 Å². The second-order valence-corrected chi connectivity index (χ2v) is 13.0. The van der Waals surface area contributed by atoms with Crippen LogP contribution in [0.4, 0.5) is 20.2 Å². The zero-order chi connectivity index (χ0) is 27.5. The molecule has 6 rings (SSSR count). The Kier molecular flexibility index (Phi) is 6.32. The Morgan fingerprint density at radius 1 is 1.00 bits per heavy atom. The molecule has 3 aromatic rings. The highest BCUT2D eigenvalue weighted by atomic mass is 35.5. The van der Waals surface area contributed by atoms with Crippen LogP contribution in [-0.4, -0.2) is 58.6 Å². The van der Waals surface area contributed by atoms with Crippen LogP contribution in [0.5, 0.6) is 0 Å². The number of halogens is 3. The molecule has 1 amide bonds. The van der Waals surface area contributed by atoms with Crippen molar-refractivity contribution in [1.29, 1.82) is 0 Å². The topological polar surface area (TPSA) is 95.7 Å². The van der Waals surface area contributed by atoms with Crippen molar-refractivity contribution in [1.82, 2.24) is 5.32 Å². The van der Waals surface area contributed by atoms with Crippen LogP contribution in [0, 0.1) is 11.6 Å². The summed E-state index contributed by atoms with van der Waals surface area (Å²) >= 11 is 6.60. The quantitative estimate of drug-likeness (QED) is 0.497. The zero-order valence-electron chi connectivity index (χ0n) is 21.0. The molecule has 7 nitrogen and oxygen atoms in total. The standard InChI is InChI=1S/C28H27ClF2N4O3S/c29-25-20(30)14-22-19(15-28(16-33-8-9-35(22)28)17-4-2-1-3-5-17)23(25)24-18(27(32)36)6-7-21(26(24)31)34-10-12-39(37,38)13-11-34/h1-7,14,33H,8-13,15-16H2,(H2,32,36). The number of hydrogen-bond acceptors (Lipinski definition) is 6. The highest BCUT2D eigenvalue weighted by Crippen LogP contribution is 2.52. The molecule has 204 valence electrons. The van der Waals surface area contributed by atoms with Crippen molar-refractivity contribution in [2.24, 2.45) is 5.73 Å². The van der Waals surface area contributed by atoms with Crippen molar-refractivity contribution in [2.75, 3.05) is 54.0 Å². The van der Waals surface area contributed by atoms with Crippen LogP contribution in [0.25, 0.3) is 11.1 Å². The molecule has 2 saturated heterocycles. The second-order valence-electron chi connectivity index (χ2n) is 10.3.